The van der Waals surface area contributed by atoms with Crippen molar-refractivity contribution in [3.05, 3.63) is 34.8 Å². The van der Waals surface area contributed by atoms with Crippen molar-refractivity contribution in [3.63, 3.8) is 0 Å². The van der Waals surface area contributed by atoms with E-state index in [0.717, 1.165) is 17.2 Å². The predicted molar refractivity (Wildman–Crippen MR) is 58.7 cm³/mol. The molecule has 0 saturated carbocycles. The van der Waals surface area contributed by atoms with Crippen LogP contribution in [-0.2, 0) is 13.2 Å². The van der Waals surface area contributed by atoms with Crippen LogP contribution in [-0.4, -0.2) is 19.6 Å². The minimum absolute atomic E-state index is 0.0323. The van der Waals surface area contributed by atoms with Gasteiger partial charge in [-0.05, 0) is 0 Å². The van der Waals surface area contributed by atoms with Gasteiger partial charge in [0.05, 0.1) is 29.8 Å². The van der Waals surface area contributed by atoms with Crippen LogP contribution in [0, 0.1) is 0 Å². The third-order valence-corrected chi connectivity index (χ3v) is 3.31. The third kappa shape index (κ3) is 2.24. The molecule has 2 rings (SSSR count). The highest BCUT2D eigenvalue weighted by Crippen LogP contribution is 2.20. The van der Waals surface area contributed by atoms with Crippen molar-refractivity contribution in [1.82, 2.24) is 14.5 Å². The molecule has 0 aliphatic rings. The van der Waals surface area contributed by atoms with Crippen LogP contribution in [0.1, 0.15) is 23.5 Å². The molecule has 0 saturated heterocycles. The number of aliphatic hydroxyl groups is 1. The van der Waals surface area contributed by atoms with Gasteiger partial charge in [-0.25, -0.2) is 9.97 Å². The molecule has 80 valence electrons. The molecular formula is C10H13N3OS. The van der Waals surface area contributed by atoms with E-state index in [-0.39, 0.29) is 6.61 Å². The van der Waals surface area contributed by atoms with Gasteiger partial charge in [0.2, 0.25) is 0 Å². The molecule has 0 aliphatic heterocycles. The van der Waals surface area contributed by atoms with Gasteiger partial charge in [0.1, 0.15) is 0 Å². The van der Waals surface area contributed by atoms with Gasteiger partial charge in [0.15, 0.2) is 0 Å². The molecule has 0 aromatic carbocycles. The monoisotopic (exact) mass is 223 g/mol. The third-order valence-electron chi connectivity index (χ3n) is 2.30. The summed E-state index contributed by atoms with van der Waals surface area (Å²) in [6, 6.07) is 0. The average molecular weight is 223 g/mol. The van der Waals surface area contributed by atoms with Crippen LogP contribution in [0.25, 0.3) is 0 Å². The van der Waals surface area contributed by atoms with Gasteiger partial charge in [-0.1, -0.05) is 6.92 Å². The highest BCUT2D eigenvalue weighted by atomic mass is 32.1. The van der Waals surface area contributed by atoms with Crippen LogP contribution < -0.4 is 0 Å². The normalized spacial score (nSPS) is 12.9. The Morgan fingerprint density at radius 1 is 1.60 bits per heavy atom. The number of imidazole rings is 1. The highest BCUT2D eigenvalue weighted by Gasteiger charge is 2.10. The second-order valence-corrected chi connectivity index (χ2v) is 4.39. The number of nitrogens with zero attached hydrogens (tertiary/aromatic N) is 3. The zero-order chi connectivity index (χ0) is 10.7. The maximum Gasteiger partial charge on any atom is 0.0970 e. The summed E-state index contributed by atoms with van der Waals surface area (Å²) in [5.74, 6) is 0.351. The minimum atomic E-state index is 0.0323. The Labute approximate surface area is 92.2 Å². The number of thiazole rings is 1. The Morgan fingerprint density at radius 2 is 2.47 bits per heavy atom. The van der Waals surface area contributed by atoms with E-state index in [4.69, 9.17) is 5.11 Å². The summed E-state index contributed by atoms with van der Waals surface area (Å²) in [4.78, 5) is 8.29. The van der Waals surface area contributed by atoms with Gasteiger partial charge < -0.3 is 9.67 Å². The summed E-state index contributed by atoms with van der Waals surface area (Å²) in [5.41, 5.74) is 0.846. The molecule has 2 heterocycles. The molecule has 0 fully saturated rings. The summed E-state index contributed by atoms with van der Waals surface area (Å²) < 4.78 is 1.96. The van der Waals surface area contributed by atoms with Crippen LogP contribution in [0.5, 0.6) is 0 Å². The molecule has 1 unspecified atom stereocenters. The summed E-state index contributed by atoms with van der Waals surface area (Å²) >= 11 is 1.66. The van der Waals surface area contributed by atoms with Crippen molar-refractivity contribution in [2.45, 2.75) is 26.0 Å². The minimum Gasteiger partial charge on any atom is -0.390 e. The van der Waals surface area contributed by atoms with Gasteiger partial charge in [-0.2, -0.15) is 0 Å². The summed E-state index contributed by atoms with van der Waals surface area (Å²) in [7, 11) is 0. The maximum atomic E-state index is 9.08. The van der Waals surface area contributed by atoms with Crippen LogP contribution >= 0.6 is 11.3 Å². The van der Waals surface area contributed by atoms with Crippen molar-refractivity contribution in [2.24, 2.45) is 0 Å². The standard InChI is InChI=1S/C10H13N3OS/c1-8(10-12-2-3-15-10)5-13-7-11-4-9(13)6-14/h2-4,7-8,14H,5-6H2,1H3. The van der Waals surface area contributed by atoms with E-state index in [1.54, 1.807) is 23.9 Å². The summed E-state index contributed by atoms with van der Waals surface area (Å²) in [6.45, 7) is 2.97. The molecular weight excluding hydrogens is 210 g/mol. The lowest BCUT2D eigenvalue weighted by Crippen LogP contribution is -2.08. The van der Waals surface area contributed by atoms with Crippen molar-refractivity contribution in [2.75, 3.05) is 0 Å². The first-order valence-corrected chi connectivity index (χ1v) is 5.68. The molecule has 5 heteroatoms. The molecule has 0 bridgehead atoms. The second-order valence-electron chi connectivity index (χ2n) is 3.47. The van der Waals surface area contributed by atoms with E-state index in [0.29, 0.717) is 5.92 Å². The molecule has 4 nitrogen and oxygen atoms in total. The molecule has 0 radical (unpaired) electrons. The highest BCUT2D eigenvalue weighted by molar-refractivity contribution is 7.09. The quantitative estimate of drug-likeness (QED) is 0.857. The molecule has 0 aliphatic carbocycles. The number of hydrogen-bond donors (Lipinski definition) is 1. The number of rotatable bonds is 4. The first-order valence-electron chi connectivity index (χ1n) is 4.80. The largest absolute Gasteiger partial charge is 0.390 e. The maximum absolute atomic E-state index is 9.08. The fourth-order valence-corrected chi connectivity index (χ4v) is 2.18. The number of aromatic nitrogens is 3. The lowest BCUT2D eigenvalue weighted by atomic mass is 10.2. The van der Waals surface area contributed by atoms with Crippen LogP contribution in [0.4, 0.5) is 0 Å². The summed E-state index contributed by atoms with van der Waals surface area (Å²) in [5, 5.41) is 12.2. The Balaban J connectivity index is 2.09. The Hall–Kier alpha value is -1.20. The lowest BCUT2D eigenvalue weighted by Gasteiger charge is -2.11. The van der Waals surface area contributed by atoms with Crippen molar-refractivity contribution in [3.8, 4) is 0 Å². The van der Waals surface area contributed by atoms with E-state index in [1.807, 2.05) is 16.1 Å². The van der Waals surface area contributed by atoms with Crippen molar-refractivity contribution < 1.29 is 5.11 Å². The average Bonchev–Trinajstić information content (AvgIpc) is 2.87. The zero-order valence-corrected chi connectivity index (χ0v) is 9.31. The molecule has 1 N–H and O–H groups in total. The molecule has 15 heavy (non-hydrogen) atoms. The predicted octanol–water partition coefficient (Wildman–Crippen LogP) is 1.64. The first-order chi connectivity index (χ1) is 7.31. The molecule has 0 amide bonds. The van der Waals surface area contributed by atoms with Crippen LogP contribution in [0.15, 0.2) is 24.1 Å². The van der Waals surface area contributed by atoms with Gasteiger partial charge in [0, 0.05) is 24.0 Å². The van der Waals surface area contributed by atoms with E-state index < -0.39 is 0 Å². The fourth-order valence-electron chi connectivity index (χ4n) is 1.50. The molecule has 2 aromatic rings. The number of hydrogen-bond acceptors (Lipinski definition) is 4. The van der Waals surface area contributed by atoms with Gasteiger partial charge in [0.25, 0.3) is 0 Å². The Kier molecular flexibility index (Phi) is 3.13. The van der Waals surface area contributed by atoms with Gasteiger partial charge in [-0.15, -0.1) is 11.3 Å². The molecule has 2 aromatic heterocycles. The Morgan fingerprint density at radius 3 is 3.13 bits per heavy atom. The topological polar surface area (TPSA) is 50.9 Å². The lowest BCUT2D eigenvalue weighted by molar-refractivity contribution is 0.269. The van der Waals surface area contributed by atoms with E-state index in [1.165, 1.54) is 0 Å². The van der Waals surface area contributed by atoms with E-state index >= 15 is 0 Å². The van der Waals surface area contributed by atoms with Gasteiger partial charge >= 0.3 is 0 Å². The van der Waals surface area contributed by atoms with Crippen molar-refractivity contribution >= 4 is 11.3 Å². The second kappa shape index (κ2) is 4.55. The van der Waals surface area contributed by atoms with Crippen LogP contribution in [0.2, 0.25) is 0 Å². The van der Waals surface area contributed by atoms with E-state index in [2.05, 4.69) is 16.9 Å². The first kappa shape index (κ1) is 10.3. The van der Waals surface area contributed by atoms with Gasteiger partial charge in [-0.3, -0.25) is 0 Å². The molecule has 0 spiro atoms. The van der Waals surface area contributed by atoms with E-state index in [9.17, 15) is 0 Å². The number of aliphatic hydroxyl groups excluding tert-OH is 1. The van der Waals surface area contributed by atoms with Crippen LogP contribution in [0.3, 0.4) is 0 Å². The Bertz CT molecular complexity index is 410. The molecule has 1 atom stereocenters. The zero-order valence-electron chi connectivity index (χ0n) is 8.50. The van der Waals surface area contributed by atoms with Crippen molar-refractivity contribution in [1.29, 1.82) is 0 Å². The summed E-state index contributed by atoms with van der Waals surface area (Å²) in [6.07, 6.45) is 5.25. The SMILES string of the molecule is CC(Cn1cncc1CO)c1nccs1. The fraction of sp³-hybridized carbons (Fsp3) is 0.400. The smallest absolute Gasteiger partial charge is 0.0970 e.